The van der Waals surface area contributed by atoms with Crippen LogP contribution in [0.1, 0.15) is 52.9 Å². The molecule has 4 N–H and O–H groups in total. The van der Waals surface area contributed by atoms with Gasteiger partial charge >= 0.3 is 5.97 Å². The maximum atomic E-state index is 11.6. The van der Waals surface area contributed by atoms with Gasteiger partial charge in [-0.15, -0.1) is 0 Å². The SMILES string of the molecule is CC(C)C[C@H](CNC(=O)CCCC(C)N)CC(=O)O. The summed E-state index contributed by atoms with van der Waals surface area (Å²) < 4.78 is 0. The molecule has 1 unspecified atom stereocenters. The minimum atomic E-state index is -0.808. The number of rotatable bonds is 10. The highest BCUT2D eigenvalue weighted by Gasteiger charge is 2.15. The van der Waals surface area contributed by atoms with Crippen molar-refractivity contribution in [3.8, 4) is 0 Å². The third-order valence-corrected chi connectivity index (χ3v) is 2.92. The standard InChI is InChI=1S/C14H28N2O3/c1-10(2)7-12(8-14(18)19)9-16-13(17)6-4-5-11(3)15/h10-12H,4-9,15H2,1-3H3,(H,16,17)(H,18,19)/t11?,12-/m0/s1. The number of amides is 1. The highest BCUT2D eigenvalue weighted by atomic mass is 16.4. The van der Waals surface area contributed by atoms with Gasteiger partial charge in [0.1, 0.15) is 0 Å². The molecule has 2 atom stereocenters. The number of carbonyl (C=O) groups excluding carboxylic acids is 1. The van der Waals surface area contributed by atoms with Gasteiger partial charge in [0.15, 0.2) is 0 Å². The molecular formula is C14H28N2O3. The topological polar surface area (TPSA) is 92.4 Å². The summed E-state index contributed by atoms with van der Waals surface area (Å²) in [7, 11) is 0. The lowest BCUT2D eigenvalue weighted by atomic mass is 9.94. The lowest BCUT2D eigenvalue weighted by Crippen LogP contribution is -2.31. The molecular weight excluding hydrogens is 244 g/mol. The third kappa shape index (κ3) is 11.7. The van der Waals surface area contributed by atoms with Crippen LogP contribution < -0.4 is 11.1 Å². The number of hydrogen-bond acceptors (Lipinski definition) is 3. The zero-order valence-electron chi connectivity index (χ0n) is 12.3. The Balaban J connectivity index is 3.95. The molecule has 0 radical (unpaired) electrons. The predicted octanol–water partition coefficient (Wildman–Crippen LogP) is 1.76. The van der Waals surface area contributed by atoms with Crippen molar-refractivity contribution in [3.05, 3.63) is 0 Å². The van der Waals surface area contributed by atoms with Gasteiger partial charge in [-0.3, -0.25) is 9.59 Å². The summed E-state index contributed by atoms with van der Waals surface area (Å²) in [5.41, 5.74) is 5.61. The molecule has 0 saturated heterocycles. The first-order valence-corrected chi connectivity index (χ1v) is 7.05. The Morgan fingerprint density at radius 3 is 2.37 bits per heavy atom. The van der Waals surface area contributed by atoms with E-state index < -0.39 is 5.97 Å². The highest BCUT2D eigenvalue weighted by molar-refractivity contribution is 5.75. The van der Waals surface area contributed by atoms with Gasteiger partial charge in [-0.1, -0.05) is 13.8 Å². The molecule has 112 valence electrons. The molecule has 19 heavy (non-hydrogen) atoms. The minimum absolute atomic E-state index is 0.00915. The first-order chi connectivity index (χ1) is 8.81. The van der Waals surface area contributed by atoms with Crippen molar-refractivity contribution < 1.29 is 14.7 Å². The van der Waals surface area contributed by atoms with Crippen LogP contribution in [0.3, 0.4) is 0 Å². The molecule has 0 rings (SSSR count). The van der Waals surface area contributed by atoms with Crippen LogP contribution in [0.5, 0.6) is 0 Å². The van der Waals surface area contributed by atoms with Gasteiger partial charge in [-0.2, -0.15) is 0 Å². The van der Waals surface area contributed by atoms with Crippen LogP contribution in [0.15, 0.2) is 0 Å². The Kier molecular flexibility index (Phi) is 9.21. The van der Waals surface area contributed by atoms with Crippen LogP contribution in [0, 0.1) is 11.8 Å². The van der Waals surface area contributed by atoms with E-state index in [1.807, 2.05) is 6.92 Å². The average Bonchev–Trinajstić information content (AvgIpc) is 2.23. The molecule has 1 amide bonds. The predicted molar refractivity (Wildman–Crippen MR) is 75.7 cm³/mol. The Morgan fingerprint density at radius 1 is 1.26 bits per heavy atom. The maximum absolute atomic E-state index is 11.6. The Morgan fingerprint density at radius 2 is 1.89 bits per heavy atom. The molecule has 0 aromatic heterocycles. The van der Waals surface area contributed by atoms with Crippen molar-refractivity contribution in [2.45, 2.75) is 58.9 Å². The summed E-state index contributed by atoms with van der Waals surface area (Å²) in [6, 6.07) is 0.119. The summed E-state index contributed by atoms with van der Waals surface area (Å²) in [6.07, 6.45) is 2.99. The van der Waals surface area contributed by atoms with Crippen LogP contribution in [0.25, 0.3) is 0 Å². The molecule has 0 spiro atoms. The minimum Gasteiger partial charge on any atom is -0.481 e. The normalized spacial score (nSPS) is 14.2. The van der Waals surface area contributed by atoms with E-state index >= 15 is 0 Å². The van der Waals surface area contributed by atoms with Gasteiger partial charge in [0.2, 0.25) is 5.91 Å². The molecule has 5 heteroatoms. The number of aliphatic carboxylic acids is 1. The van der Waals surface area contributed by atoms with Crippen LogP contribution >= 0.6 is 0 Å². The van der Waals surface area contributed by atoms with E-state index in [1.54, 1.807) is 0 Å². The maximum Gasteiger partial charge on any atom is 0.303 e. The van der Waals surface area contributed by atoms with Crippen LogP contribution in [0.2, 0.25) is 0 Å². The lowest BCUT2D eigenvalue weighted by Gasteiger charge is -2.17. The number of nitrogens with one attached hydrogen (secondary N) is 1. The number of hydrogen-bond donors (Lipinski definition) is 3. The van der Waals surface area contributed by atoms with E-state index in [-0.39, 0.29) is 24.3 Å². The van der Waals surface area contributed by atoms with Crippen LogP contribution in [-0.4, -0.2) is 29.6 Å². The summed E-state index contributed by atoms with van der Waals surface area (Å²) in [4.78, 5) is 22.4. The van der Waals surface area contributed by atoms with E-state index in [0.717, 1.165) is 19.3 Å². The molecule has 0 bridgehead atoms. The van der Waals surface area contributed by atoms with Crippen molar-refractivity contribution in [2.24, 2.45) is 17.6 Å². The van der Waals surface area contributed by atoms with Crippen molar-refractivity contribution in [3.63, 3.8) is 0 Å². The quantitative estimate of drug-likeness (QED) is 0.565. The van der Waals surface area contributed by atoms with Gasteiger partial charge in [-0.05, 0) is 38.0 Å². The van der Waals surface area contributed by atoms with Crippen molar-refractivity contribution in [1.29, 1.82) is 0 Å². The van der Waals surface area contributed by atoms with Gasteiger partial charge in [0, 0.05) is 25.4 Å². The second kappa shape index (κ2) is 9.78. The largest absolute Gasteiger partial charge is 0.481 e. The molecule has 0 fully saturated rings. The lowest BCUT2D eigenvalue weighted by molar-refractivity contribution is -0.138. The van der Waals surface area contributed by atoms with Crippen LogP contribution in [0.4, 0.5) is 0 Å². The molecule has 0 saturated carbocycles. The summed E-state index contributed by atoms with van der Waals surface area (Å²) >= 11 is 0. The zero-order valence-corrected chi connectivity index (χ0v) is 12.3. The van der Waals surface area contributed by atoms with E-state index in [9.17, 15) is 9.59 Å². The van der Waals surface area contributed by atoms with Gasteiger partial charge < -0.3 is 16.2 Å². The van der Waals surface area contributed by atoms with Crippen molar-refractivity contribution >= 4 is 11.9 Å². The Bertz CT molecular complexity index is 278. The Hall–Kier alpha value is -1.10. The first kappa shape index (κ1) is 17.9. The molecule has 0 aromatic carbocycles. The van der Waals surface area contributed by atoms with Crippen molar-refractivity contribution in [1.82, 2.24) is 5.32 Å². The van der Waals surface area contributed by atoms with E-state index in [2.05, 4.69) is 19.2 Å². The molecule has 0 heterocycles. The number of carbonyl (C=O) groups is 2. The highest BCUT2D eigenvalue weighted by Crippen LogP contribution is 2.14. The average molecular weight is 272 g/mol. The zero-order chi connectivity index (χ0) is 14.8. The monoisotopic (exact) mass is 272 g/mol. The Labute approximate surface area is 115 Å². The van der Waals surface area contributed by atoms with E-state index in [4.69, 9.17) is 10.8 Å². The van der Waals surface area contributed by atoms with Crippen molar-refractivity contribution in [2.75, 3.05) is 6.54 Å². The van der Waals surface area contributed by atoms with E-state index in [1.165, 1.54) is 0 Å². The molecule has 0 aliphatic rings. The first-order valence-electron chi connectivity index (χ1n) is 7.05. The fourth-order valence-corrected chi connectivity index (χ4v) is 2.08. The van der Waals surface area contributed by atoms with E-state index in [0.29, 0.717) is 18.9 Å². The van der Waals surface area contributed by atoms with Gasteiger partial charge in [0.05, 0.1) is 0 Å². The fourth-order valence-electron chi connectivity index (χ4n) is 2.08. The van der Waals surface area contributed by atoms with Crippen LogP contribution in [-0.2, 0) is 9.59 Å². The summed E-state index contributed by atoms with van der Waals surface area (Å²) in [5, 5.41) is 11.7. The second-order valence-corrected chi connectivity index (χ2v) is 5.77. The smallest absolute Gasteiger partial charge is 0.303 e. The summed E-state index contributed by atoms with van der Waals surface area (Å²) in [5.74, 6) is -0.383. The second-order valence-electron chi connectivity index (χ2n) is 5.77. The van der Waals surface area contributed by atoms with Gasteiger partial charge in [0.25, 0.3) is 0 Å². The number of carboxylic acid groups (broad SMARTS) is 1. The third-order valence-electron chi connectivity index (χ3n) is 2.92. The fraction of sp³-hybridized carbons (Fsp3) is 0.857. The number of nitrogens with two attached hydrogens (primary N) is 1. The molecule has 0 aromatic rings. The molecule has 0 aliphatic heterocycles. The van der Waals surface area contributed by atoms with Gasteiger partial charge in [-0.25, -0.2) is 0 Å². The number of carboxylic acids is 1. The molecule has 5 nitrogen and oxygen atoms in total. The summed E-state index contributed by atoms with van der Waals surface area (Å²) in [6.45, 7) is 6.48. The molecule has 0 aliphatic carbocycles.